The number of nitrogens with zero attached hydrogens (tertiary/aromatic N) is 1. The minimum Gasteiger partial charge on any atom is -0.453 e. The van der Waals surface area contributed by atoms with Crippen molar-refractivity contribution in [3.05, 3.63) is 48.3 Å². The minimum atomic E-state index is -4.78. The van der Waals surface area contributed by atoms with Gasteiger partial charge in [0, 0.05) is 18.8 Å². The Hall–Kier alpha value is -2.28. The molecule has 0 saturated heterocycles. The zero-order chi connectivity index (χ0) is 14.6. The number of alkyl halides is 3. The van der Waals surface area contributed by atoms with E-state index in [1.54, 1.807) is 12.1 Å². The van der Waals surface area contributed by atoms with Gasteiger partial charge in [0.15, 0.2) is 11.5 Å². The molecule has 1 heterocycles. The van der Waals surface area contributed by atoms with Gasteiger partial charge in [-0.25, -0.2) is 0 Å². The molecule has 1 aromatic heterocycles. The first kappa shape index (κ1) is 14.1. The van der Waals surface area contributed by atoms with Gasteiger partial charge in [-0.3, -0.25) is 4.98 Å². The van der Waals surface area contributed by atoms with Crippen molar-refractivity contribution in [1.29, 1.82) is 0 Å². The zero-order valence-corrected chi connectivity index (χ0v) is 10.2. The maximum atomic E-state index is 12.3. The van der Waals surface area contributed by atoms with Crippen LogP contribution in [-0.4, -0.2) is 11.3 Å². The fourth-order valence-corrected chi connectivity index (χ4v) is 1.50. The lowest BCUT2D eigenvalue weighted by Crippen LogP contribution is -2.17. The van der Waals surface area contributed by atoms with Crippen LogP contribution in [0.25, 0.3) is 0 Å². The third-order valence-electron chi connectivity index (χ3n) is 2.30. The molecule has 0 fully saturated rings. The third-order valence-corrected chi connectivity index (χ3v) is 2.30. The van der Waals surface area contributed by atoms with Crippen molar-refractivity contribution in [3.63, 3.8) is 0 Å². The van der Waals surface area contributed by atoms with Gasteiger partial charge in [0.25, 0.3) is 0 Å². The molecular formula is C13H11F3N2O2. The van der Waals surface area contributed by atoms with Crippen molar-refractivity contribution in [2.24, 2.45) is 5.73 Å². The second-order valence-corrected chi connectivity index (χ2v) is 3.78. The molecule has 2 rings (SSSR count). The van der Waals surface area contributed by atoms with E-state index in [4.69, 9.17) is 10.5 Å². The van der Waals surface area contributed by atoms with Crippen LogP contribution < -0.4 is 15.2 Å². The number of para-hydroxylation sites is 2. The number of halogens is 3. The van der Waals surface area contributed by atoms with Crippen LogP contribution in [0.1, 0.15) is 5.69 Å². The molecule has 4 nitrogen and oxygen atoms in total. The molecule has 0 bridgehead atoms. The SMILES string of the molecule is NCc1cc(Oc2ccccc2OC(F)(F)F)ccn1. The first-order chi connectivity index (χ1) is 9.48. The topological polar surface area (TPSA) is 57.4 Å². The molecule has 2 N–H and O–H groups in total. The molecule has 0 aliphatic carbocycles. The van der Waals surface area contributed by atoms with E-state index >= 15 is 0 Å². The molecule has 106 valence electrons. The van der Waals surface area contributed by atoms with Crippen LogP contribution >= 0.6 is 0 Å². The highest BCUT2D eigenvalue weighted by atomic mass is 19.4. The highest BCUT2D eigenvalue weighted by Gasteiger charge is 2.32. The van der Waals surface area contributed by atoms with Gasteiger partial charge in [0.05, 0.1) is 5.69 Å². The van der Waals surface area contributed by atoms with Gasteiger partial charge in [-0.15, -0.1) is 13.2 Å². The normalized spacial score (nSPS) is 11.2. The van der Waals surface area contributed by atoms with Gasteiger partial charge in [-0.1, -0.05) is 12.1 Å². The highest BCUT2D eigenvalue weighted by Crippen LogP contribution is 2.34. The predicted octanol–water partition coefficient (Wildman–Crippen LogP) is 3.23. The first-order valence-electron chi connectivity index (χ1n) is 5.65. The standard InChI is InChI=1S/C13H11F3N2O2/c14-13(15,16)20-12-4-2-1-3-11(12)19-10-5-6-18-9(7-10)8-17/h1-7H,8,17H2. The molecule has 20 heavy (non-hydrogen) atoms. The molecule has 0 saturated carbocycles. The van der Waals surface area contributed by atoms with Crippen LogP contribution in [0.2, 0.25) is 0 Å². The molecule has 0 aliphatic heterocycles. The van der Waals surface area contributed by atoms with Crippen molar-refractivity contribution in [3.8, 4) is 17.2 Å². The molecule has 0 amide bonds. The first-order valence-corrected chi connectivity index (χ1v) is 5.65. The molecule has 0 unspecified atom stereocenters. The monoisotopic (exact) mass is 284 g/mol. The summed E-state index contributed by atoms with van der Waals surface area (Å²) in [5.41, 5.74) is 6.00. The summed E-state index contributed by atoms with van der Waals surface area (Å²) in [6.45, 7) is 0.206. The second kappa shape index (κ2) is 5.79. The van der Waals surface area contributed by atoms with E-state index in [0.717, 1.165) is 0 Å². The summed E-state index contributed by atoms with van der Waals surface area (Å²) in [5.74, 6) is -0.121. The van der Waals surface area contributed by atoms with Crippen LogP contribution in [-0.2, 0) is 6.54 Å². The largest absolute Gasteiger partial charge is 0.573 e. The van der Waals surface area contributed by atoms with Gasteiger partial charge < -0.3 is 15.2 Å². The fourth-order valence-electron chi connectivity index (χ4n) is 1.50. The lowest BCUT2D eigenvalue weighted by molar-refractivity contribution is -0.275. The molecule has 0 radical (unpaired) electrons. The Bertz CT molecular complexity index is 588. The van der Waals surface area contributed by atoms with Crippen molar-refractivity contribution in [2.45, 2.75) is 12.9 Å². The van der Waals surface area contributed by atoms with E-state index in [-0.39, 0.29) is 12.3 Å². The van der Waals surface area contributed by atoms with E-state index < -0.39 is 12.1 Å². The Labute approximate surface area is 113 Å². The molecule has 7 heteroatoms. The Morgan fingerprint density at radius 3 is 2.45 bits per heavy atom. The van der Waals surface area contributed by atoms with Gasteiger partial charge in [0.2, 0.25) is 0 Å². The number of rotatable bonds is 4. The lowest BCUT2D eigenvalue weighted by Gasteiger charge is -2.13. The zero-order valence-electron chi connectivity index (χ0n) is 10.2. The Balaban J connectivity index is 2.24. The van der Waals surface area contributed by atoms with Gasteiger partial charge >= 0.3 is 6.36 Å². The number of hydrogen-bond donors (Lipinski definition) is 1. The minimum absolute atomic E-state index is 0.0426. The van der Waals surface area contributed by atoms with Gasteiger partial charge in [-0.2, -0.15) is 0 Å². The predicted molar refractivity (Wildman–Crippen MR) is 65.3 cm³/mol. The summed E-state index contributed by atoms with van der Waals surface area (Å²) in [6.07, 6.45) is -3.31. The highest BCUT2D eigenvalue weighted by molar-refractivity contribution is 5.42. The van der Waals surface area contributed by atoms with Crippen LogP contribution in [0.3, 0.4) is 0 Å². The third kappa shape index (κ3) is 3.86. The number of pyridine rings is 1. The second-order valence-electron chi connectivity index (χ2n) is 3.78. The van der Waals surface area contributed by atoms with E-state index in [1.807, 2.05) is 0 Å². The summed E-state index contributed by atoms with van der Waals surface area (Å²) >= 11 is 0. The summed E-state index contributed by atoms with van der Waals surface area (Å²) in [4.78, 5) is 3.97. The maximum absolute atomic E-state index is 12.3. The summed E-state index contributed by atoms with van der Waals surface area (Å²) in [6, 6.07) is 8.58. The van der Waals surface area contributed by atoms with E-state index in [0.29, 0.717) is 11.4 Å². The molecule has 2 aromatic rings. The molecular weight excluding hydrogens is 273 g/mol. The van der Waals surface area contributed by atoms with Crippen molar-refractivity contribution < 1.29 is 22.6 Å². The summed E-state index contributed by atoms with van der Waals surface area (Å²) in [5, 5.41) is 0. The van der Waals surface area contributed by atoms with E-state index in [9.17, 15) is 13.2 Å². The molecule has 1 aromatic carbocycles. The smallest absolute Gasteiger partial charge is 0.453 e. The van der Waals surface area contributed by atoms with Gasteiger partial charge in [0.1, 0.15) is 5.75 Å². The number of benzene rings is 1. The average molecular weight is 284 g/mol. The maximum Gasteiger partial charge on any atom is 0.573 e. The van der Waals surface area contributed by atoms with Crippen molar-refractivity contribution >= 4 is 0 Å². The van der Waals surface area contributed by atoms with Gasteiger partial charge in [-0.05, 0) is 18.2 Å². The molecule has 0 atom stereocenters. The quantitative estimate of drug-likeness (QED) is 0.936. The lowest BCUT2D eigenvalue weighted by atomic mass is 10.3. The average Bonchev–Trinajstić information content (AvgIpc) is 2.40. The summed E-state index contributed by atoms with van der Waals surface area (Å²) < 4.78 is 46.1. The Morgan fingerprint density at radius 1 is 1.10 bits per heavy atom. The number of nitrogens with two attached hydrogens (primary N) is 1. The van der Waals surface area contributed by atoms with Crippen LogP contribution in [0, 0.1) is 0 Å². The fraction of sp³-hybridized carbons (Fsp3) is 0.154. The summed E-state index contributed by atoms with van der Waals surface area (Å²) in [7, 11) is 0. The number of aromatic nitrogens is 1. The molecule has 0 spiro atoms. The van der Waals surface area contributed by atoms with Crippen molar-refractivity contribution in [1.82, 2.24) is 4.98 Å². The van der Waals surface area contributed by atoms with Crippen LogP contribution in [0.15, 0.2) is 42.6 Å². The molecule has 0 aliphatic rings. The van der Waals surface area contributed by atoms with E-state index in [1.165, 1.54) is 30.5 Å². The van der Waals surface area contributed by atoms with Crippen LogP contribution in [0.4, 0.5) is 13.2 Å². The Kier molecular flexibility index (Phi) is 4.09. The Morgan fingerprint density at radius 2 is 1.80 bits per heavy atom. The van der Waals surface area contributed by atoms with Crippen LogP contribution in [0.5, 0.6) is 17.2 Å². The van der Waals surface area contributed by atoms with E-state index in [2.05, 4.69) is 9.72 Å². The van der Waals surface area contributed by atoms with Crippen molar-refractivity contribution in [2.75, 3.05) is 0 Å². The number of hydrogen-bond acceptors (Lipinski definition) is 4. The number of ether oxygens (including phenoxy) is 2.